The van der Waals surface area contributed by atoms with Crippen molar-refractivity contribution in [1.82, 2.24) is 5.32 Å². The molecule has 1 N–H and O–H groups in total. The Morgan fingerprint density at radius 3 is 3.08 bits per heavy atom. The summed E-state index contributed by atoms with van der Waals surface area (Å²) in [5, 5.41) is 12.0. The van der Waals surface area contributed by atoms with E-state index in [-0.39, 0.29) is 0 Å². The van der Waals surface area contributed by atoms with E-state index < -0.39 is 0 Å². The molecule has 1 aliphatic rings. The maximum Gasteiger partial charge on any atom is 0.110 e. The molecule has 2 heterocycles. The van der Waals surface area contributed by atoms with Crippen LogP contribution in [0.2, 0.25) is 0 Å². The molecule has 62 valence electrons. The van der Waals surface area contributed by atoms with Gasteiger partial charge in [0.2, 0.25) is 0 Å². The zero-order valence-electron chi connectivity index (χ0n) is 6.71. The zero-order valence-corrected chi connectivity index (χ0v) is 7.53. The minimum Gasteiger partial charge on any atom is -0.309 e. The second kappa shape index (κ2) is 3.26. The van der Waals surface area contributed by atoms with Gasteiger partial charge < -0.3 is 5.32 Å². The van der Waals surface area contributed by atoms with Crippen molar-refractivity contribution in [2.24, 2.45) is 0 Å². The van der Waals surface area contributed by atoms with E-state index in [2.05, 4.69) is 17.5 Å². The lowest BCUT2D eigenvalue weighted by Crippen LogP contribution is -2.11. The molecule has 1 aliphatic heterocycles. The molecule has 1 aromatic heterocycles. The van der Waals surface area contributed by atoms with Crippen molar-refractivity contribution in [3.63, 3.8) is 0 Å². The molecular formula is C9H10N2S. The lowest BCUT2D eigenvalue weighted by atomic mass is 10.2. The highest BCUT2D eigenvalue weighted by atomic mass is 32.1. The summed E-state index contributed by atoms with van der Waals surface area (Å²) in [7, 11) is 0. The van der Waals surface area contributed by atoms with Crippen LogP contribution in [-0.2, 0) is 0 Å². The molecule has 0 saturated carbocycles. The molecule has 0 aromatic carbocycles. The summed E-state index contributed by atoms with van der Waals surface area (Å²) in [5.41, 5.74) is 0. The Bertz CT molecular complexity index is 305. The monoisotopic (exact) mass is 178 g/mol. The van der Waals surface area contributed by atoms with Gasteiger partial charge in [-0.05, 0) is 31.5 Å². The largest absolute Gasteiger partial charge is 0.309 e. The number of nitrogens with zero attached hydrogens (tertiary/aromatic N) is 1. The van der Waals surface area contributed by atoms with Crippen molar-refractivity contribution in [2.75, 3.05) is 6.54 Å². The predicted octanol–water partition coefficient (Wildman–Crippen LogP) is 2.04. The predicted molar refractivity (Wildman–Crippen MR) is 49.0 cm³/mol. The fourth-order valence-electron chi connectivity index (χ4n) is 1.53. The van der Waals surface area contributed by atoms with Crippen molar-refractivity contribution in [3.8, 4) is 6.07 Å². The molecule has 0 aliphatic carbocycles. The van der Waals surface area contributed by atoms with Crippen LogP contribution in [-0.4, -0.2) is 6.54 Å². The normalized spacial score (nSPS) is 22.4. The molecular weight excluding hydrogens is 168 g/mol. The Morgan fingerprint density at radius 1 is 1.58 bits per heavy atom. The summed E-state index contributed by atoms with van der Waals surface area (Å²) < 4.78 is 0. The molecule has 2 nitrogen and oxygen atoms in total. The fraction of sp³-hybridized carbons (Fsp3) is 0.444. The van der Waals surface area contributed by atoms with Crippen LogP contribution in [0.3, 0.4) is 0 Å². The first kappa shape index (κ1) is 7.78. The number of hydrogen-bond acceptors (Lipinski definition) is 3. The topological polar surface area (TPSA) is 35.8 Å². The van der Waals surface area contributed by atoms with E-state index in [1.165, 1.54) is 17.7 Å². The molecule has 0 spiro atoms. The molecule has 2 rings (SSSR count). The van der Waals surface area contributed by atoms with Crippen molar-refractivity contribution < 1.29 is 0 Å². The lowest BCUT2D eigenvalue weighted by Gasteiger charge is -2.05. The molecule has 12 heavy (non-hydrogen) atoms. The first-order chi connectivity index (χ1) is 5.90. The Balaban J connectivity index is 2.17. The van der Waals surface area contributed by atoms with E-state index >= 15 is 0 Å². The van der Waals surface area contributed by atoms with E-state index in [1.54, 1.807) is 11.3 Å². The highest BCUT2D eigenvalue weighted by Gasteiger charge is 2.17. The third-order valence-corrected chi connectivity index (χ3v) is 3.24. The van der Waals surface area contributed by atoms with Gasteiger partial charge in [0.25, 0.3) is 0 Å². The van der Waals surface area contributed by atoms with Gasteiger partial charge in [0.1, 0.15) is 10.9 Å². The van der Waals surface area contributed by atoms with Crippen molar-refractivity contribution in [1.29, 1.82) is 5.26 Å². The Hall–Kier alpha value is -0.850. The van der Waals surface area contributed by atoms with E-state index in [0.29, 0.717) is 6.04 Å². The highest BCUT2D eigenvalue weighted by molar-refractivity contribution is 7.12. The number of nitriles is 1. The van der Waals surface area contributed by atoms with Gasteiger partial charge in [0.15, 0.2) is 0 Å². The Labute approximate surface area is 75.8 Å². The third-order valence-electron chi connectivity index (χ3n) is 2.14. The molecule has 1 atom stereocenters. The van der Waals surface area contributed by atoms with Crippen molar-refractivity contribution >= 4 is 11.3 Å². The van der Waals surface area contributed by atoms with Crippen LogP contribution < -0.4 is 5.32 Å². The van der Waals surface area contributed by atoms with E-state index in [4.69, 9.17) is 5.26 Å². The smallest absolute Gasteiger partial charge is 0.110 e. The summed E-state index contributed by atoms with van der Waals surface area (Å²) in [6.45, 7) is 1.12. The lowest BCUT2D eigenvalue weighted by molar-refractivity contribution is 0.660. The SMILES string of the molecule is N#Cc1ccc([C@@H]2CCCN2)s1. The zero-order chi connectivity index (χ0) is 8.39. The molecule has 1 fully saturated rings. The van der Waals surface area contributed by atoms with Crippen LogP contribution in [0, 0.1) is 11.3 Å². The average molecular weight is 178 g/mol. The molecule has 0 radical (unpaired) electrons. The molecule has 1 saturated heterocycles. The van der Waals surface area contributed by atoms with Gasteiger partial charge in [-0.1, -0.05) is 0 Å². The second-order valence-electron chi connectivity index (χ2n) is 2.96. The molecule has 0 amide bonds. The van der Waals surface area contributed by atoms with Gasteiger partial charge in [-0.25, -0.2) is 0 Å². The van der Waals surface area contributed by atoms with Crippen LogP contribution in [0.4, 0.5) is 0 Å². The number of hydrogen-bond donors (Lipinski definition) is 1. The minimum atomic E-state index is 0.511. The maximum absolute atomic E-state index is 8.63. The Kier molecular flexibility index (Phi) is 2.11. The number of nitrogens with one attached hydrogen (secondary N) is 1. The first-order valence-electron chi connectivity index (χ1n) is 4.13. The van der Waals surface area contributed by atoms with Gasteiger partial charge in [-0.15, -0.1) is 11.3 Å². The van der Waals surface area contributed by atoms with Gasteiger partial charge in [0.05, 0.1) is 0 Å². The standard InChI is InChI=1S/C9H10N2S/c10-6-7-3-4-9(12-7)8-2-1-5-11-8/h3-4,8,11H,1-2,5H2/t8-/m0/s1. The summed E-state index contributed by atoms with van der Waals surface area (Å²) in [6, 6.07) is 6.64. The minimum absolute atomic E-state index is 0.511. The highest BCUT2D eigenvalue weighted by Crippen LogP contribution is 2.28. The van der Waals surface area contributed by atoms with Gasteiger partial charge in [0, 0.05) is 10.9 Å². The third kappa shape index (κ3) is 1.36. The van der Waals surface area contributed by atoms with E-state index in [0.717, 1.165) is 11.4 Å². The van der Waals surface area contributed by atoms with Gasteiger partial charge >= 0.3 is 0 Å². The van der Waals surface area contributed by atoms with E-state index in [1.807, 2.05) is 6.07 Å². The quantitative estimate of drug-likeness (QED) is 0.714. The van der Waals surface area contributed by atoms with Crippen LogP contribution in [0.5, 0.6) is 0 Å². The number of rotatable bonds is 1. The molecule has 0 bridgehead atoms. The number of thiophene rings is 1. The second-order valence-corrected chi connectivity index (χ2v) is 4.08. The van der Waals surface area contributed by atoms with Crippen LogP contribution in [0.15, 0.2) is 12.1 Å². The van der Waals surface area contributed by atoms with Crippen molar-refractivity contribution in [3.05, 3.63) is 21.9 Å². The van der Waals surface area contributed by atoms with E-state index in [9.17, 15) is 0 Å². The molecule has 0 unspecified atom stereocenters. The maximum atomic E-state index is 8.63. The first-order valence-corrected chi connectivity index (χ1v) is 4.95. The van der Waals surface area contributed by atoms with Gasteiger partial charge in [-0.3, -0.25) is 0 Å². The molecule has 3 heteroatoms. The summed E-state index contributed by atoms with van der Waals surface area (Å²) in [4.78, 5) is 2.13. The van der Waals surface area contributed by atoms with Gasteiger partial charge in [-0.2, -0.15) is 5.26 Å². The average Bonchev–Trinajstić information content (AvgIpc) is 2.75. The van der Waals surface area contributed by atoms with Crippen molar-refractivity contribution in [2.45, 2.75) is 18.9 Å². The fourth-order valence-corrected chi connectivity index (χ4v) is 2.44. The summed E-state index contributed by atoms with van der Waals surface area (Å²) in [5.74, 6) is 0. The van der Waals surface area contributed by atoms with Crippen LogP contribution >= 0.6 is 11.3 Å². The Morgan fingerprint density at radius 2 is 2.50 bits per heavy atom. The molecule has 1 aromatic rings. The summed E-state index contributed by atoms with van der Waals surface area (Å²) >= 11 is 1.61. The van der Waals surface area contributed by atoms with Crippen LogP contribution in [0.1, 0.15) is 28.6 Å². The van der Waals surface area contributed by atoms with Crippen LogP contribution in [0.25, 0.3) is 0 Å². The summed E-state index contributed by atoms with van der Waals surface area (Å²) in [6.07, 6.45) is 2.47.